The fraction of sp³-hybridized carbons (Fsp3) is 0.929. The first-order valence-electron chi connectivity index (χ1n) is 7.82. The molecule has 1 fully saturated rings. The monoisotopic (exact) mass is 478 g/mol. The fourth-order valence-electron chi connectivity index (χ4n) is 2.31. The minimum atomic E-state index is -3.25. The molecule has 0 bridgehead atoms. The maximum Gasteiger partial charge on any atom is 0.213 e. The summed E-state index contributed by atoms with van der Waals surface area (Å²) in [5.41, 5.74) is 0. The van der Waals surface area contributed by atoms with Crippen LogP contribution in [0.5, 0.6) is 0 Å². The van der Waals surface area contributed by atoms with Crippen molar-refractivity contribution in [2.45, 2.75) is 45.4 Å². The van der Waals surface area contributed by atoms with Gasteiger partial charge in [-0.05, 0) is 34.6 Å². The van der Waals surface area contributed by atoms with Crippen LogP contribution in [-0.4, -0.2) is 67.8 Å². The van der Waals surface area contributed by atoms with Crippen molar-refractivity contribution in [2.75, 3.05) is 37.7 Å². The van der Waals surface area contributed by atoms with Gasteiger partial charge in [-0.25, -0.2) is 13.1 Å². The smallest absolute Gasteiger partial charge is 0.213 e. The molecule has 0 aliphatic carbocycles. The molecule has 0 aromatic carbocycles. The summed E-state index contributed by atoms with van der Waals surface area (Å²) < 4.78 is 26.5. The summed E-state index contributed by atoms with van der Waals surface area (Å²) in [4.78, 5) is 6.72. The third kappa shape index (κ3) is 9.35. The van der Waals surface area contributed by atoms with E-state index in [4.69, 9.17) is 0 Å². The first-order chi connectivity index (χ1) is 10.2. The Kier molecular flexibility index (Phi) is 10.4. The third-order valence-corrected chi connectivity index (χ3v) is 5.94. The van der Waals surface area contributed by atoms with Crippen molar-refractivity contribution in [1.29, 1.82) is 0 Å². The summed E-state index contributed by atoms with van der Waals surface area (Å²) in [6.45, 7) is 13.0. The van der Waals surface area contributed by atoms with Crippen LogP contribution in [0.4, 0.5) is 0 Å². The zero-order chi connectivity index (χ0) is 16.8. The first kappa shape index (κ1) is 23.3. The number of hydrogen-bond acceptors (Lipinski definition) is 4. The van der Waals surface area contributed by atoms with E-state index in [1.54, 1.807) is 0 Å². The summed E-state index contributed by atoms with van der Waals surface area (Å²) in [5, 5.41) is 3.27. The molecular formula is C14H31IN4O2S2. The molecule has 9 heteroatoms. The molecule has 6 nitrogen and oxygen atoms in total. The Morgan fingerprint density at radius 1 is 1.39 bits per heavy atom. The van der Waals surface area contributed by atoms with Gasteiger partial charge in [-0.3, -0.25) is 4.99 Å². The minimum absolute atomic E-state index is 0. The standard InChI is InChI=1S/C14H30N4O2S2.HI/c1-6-15-13(18-8-9-21-14(4,5)11-18)16-7-10-22(19,20)17-12(2)3;/h12,17H,6-11H2,1-5H3,(H,15,16);1H. The van der Waals surface area contributed by atoms with Crippen molar-refractivity contribution in [3.63, 3.8) is 0 Å². The Balaban J connectivity index is 0.00000484. The Hall–Kier alpha value is 0.260. The van der Waals surface area contributed by atoms with Gasteiger partial charge in [0.2, 0.25) is 10.0 Å². The summed E-state index contributed by atoms with van der Waals surface area (Å²) in [7, 11) is -3.25. The van der Waals surface area contributed by atoms with Gasteiger partial charge in [0.25, 0.3) is 0 Å². The lowest BCUT2D eigenvalue weighted by Crippen LogP contribution is -2.51. The molecule has 1 rings (SSSR count). The molecule has 0 spiro atoms. The number of thioether (sulfide) groups is 1. The molecule has 0 aromatic rings. The van der Waals surface area contributed by atoms with Crippen molar-refractivity contribution in [2.24, 2.45) is 4.99 Å². The van der Waals surface area contributed by atoms with Gasteiger partial charge in [0.05, 0.1) is 12.3 Å². The van der Waals surface area contributed by atoms with E-state index in [0.29, 0.717) is 0 Å². The van der Waals surface area contributed by atoms with Gasteiger partial charge < -0.3 is 10.2 Å². The van der Waals surface area contributed by atoms with E-state index < -0.39 is 10.0 Å². The molecule has 138 valence electrons. The van der Waals surface area contributed by atoms with Crippen LogP contribution in [0.25, 0.3) is 0 Å². The minimum Gasteiger partial charge on any atom is -0.357 e. The molecule has 1 saturated heterocycles. The zero-order valence-corrected chi connectivity index (χ0v) is 18.7. The van der Waals surface area contributed by atoms with Gasteiger partial charge in [0.15, 0.2) is 5.96 Å². The lowest BCUT2D eigenvalue weighted by atomic mass is 10.2. The van der Waals surface area contributed by atoms with Crippen LogP contribution < -0.4 is 10.0 Å². The van der Waals surface area contributed by atoms with E-state index in [0.717, 1.165) is 31.3 Å². The van der Waals surface area contributed by atoms with Gasteiger partial charge in [-0.1, -0.05) is 0 Å². The summed E-state index contributed by atoms with van der Waals surface area (Å²) >= 11 is 1.96. The second-order valence-corrected chi connectivity index (χ2v) is 10.0. The third-order valence-electron chi connectivity index (χ3n) is 3.10. The lowest BCUT2D eigenvalue weighted by Gasteiger charge is -2.39. The Bertz CT molecular complexity index is 481. The van der Waals surface area contributed by atoms with Gasteiger partial charge in [0, 0.05) is 36.2 Å². The molecular weight excluding hydrogens is 447 g/mol. The van der Waals surface area contributed by atoms with Crippen LogP contribution in [0.3, 0.4) is 0 Å². The predicted octanol–water partition coefficient (Wildman–Crippen LogP) is 1.73. The highest BCUT2D eigenvalue weighted by atomic mass is 127. The first-order valence-corrected chi connectivity index (χ1v) is 10.5. The number of halogens is 1. The van der Waals surface area contributed by atoms with E-state index >= 15 is 0 Å². The number of nitrogens with one attached hydrogen (secondary N) is 2. The Labute approximate surface area is 162 Å². The molecule has 1 aliphatic heterocycles. The van der Waals surface area contributed by atoms with E-state index in [1.165, 1.54) is 0 Å². The highest BCUT2D eigenvalue weighted by Crippen LogP contribution is 2.29. The largest absolute Gasteiger partial charge is 0.357 e. The van der Waals surface area contributed by atoms with Crippen molar-refractivity contribution in [3.8, 4) is 0 Å². The van der Waals surface area contributed by atoms with Crippen molar-refractivity contribution >= 4 is 51.7 Å². The molecule has 0 atom stereocenters. The number of hydrogen-bond donors (Lipinski definition) is 2. The number of rotatable bonds is 6. The van der Waals surface area contributed by atoms with Gasteiger partial charge in [0.1, 0.15) is 0 Å². The normalized spacial score (nSPS) is 18.7. The fourth-order valence-corrected chi connectivity index (χ4v) is 4.59. The summed E-state index contributed by atoms with van der Waals surface area (Å²) in [6.07, 6.45) is 0. The van der Waals surface area contributed by atoms with E-state index in [-0.39, 0.29) is 47.1 Å². The summed E-state index contributed by atoms with van der Waals surface area (Å²) in [5.74, 6) is 1.90. The zero-order valence-electron chi connectivity index (χ0n) is 14.8. The molecule has 0 saturated carbocycles. The molecule has 0 aromatic heterocycles. The van der Waals surface area contributed by atoms with Crippen LogP contribution in [0.2, 0.25) is 0 Å². The molecule has 0 radical (unpaired) electrons. The number of aliphatic imine (C=N–C) groups is 1. The average molecular weight is 478 g/mol. The van der Waals surface area contributed by atoms with Crippen molar-refractivity contribution in [1.82, 2.24) is 14.9 Å². The van der Waals surface area contributed by atoms with Crippen molar-refractivity contribution in [3.05, 3.63) is 0 Å². The molecule has 1 aliphatic rings. The Morgan fingerprint density at radius 3 is 2.57 bits per heavy atom. The quantitative estimate of drug-likeness (QED) is 0.346. The highest BCUT2D eigenvalue weighted by Gasteiger charge is 2.28. The Morgan fingerprint density at radius 2 is 2.04 bits per heavy atom. The van der Waals surface area contributed by atoms with Crippen LogP contribution in [0, 0.1) is 0 Å². The topological polar surface area (TPSA) is 73.8 Å². The van der Waals surface area contributed by atoms with Crippen LogP contribution in [0.15, 0.2) is 4.99 Å². The molecule has 23 heavy (non-hydrogen) atoms. The molecule has 0 unspecified atom stereocenters. The van der Waals surface area contributed by atoms with Gasteiger partial charge in [-0.15, -0.1) is 24.0 Å². The summed E-state index contributed by atoms with van der Waals surface area (Å²) in [6, 6.07) is -0.0814. The van der Waals surface area contributed by atoms with Crippen LogP contribution in [-0.2, 0) is 10.0 Å². The van der Waals surface area contributed by atoms with Crippen LogP contribution >= 0.6 is 35.7 Å². The molecule has 0 amide bonds. The second-order valence-electron chi connectivity index (χ2n) is 6.36. The van der Waals surface area contributed by atoms with E-state index in [9.17, 15) is 8.42 Å². The number of guanidine groups is 1. The van der Waals surface area contributed by atoms with E-state index in [2.05, 4.69) is 33.8 Å². The number of nitrogens with zero attached hydrogens (tertiary/aromatic N) is 2. The predicted molar refractivity (Wildman–Crippen MR) is 112 cm³/mol. The average Bonchev–Trinajstić information content (AvgIpc) is 2.34. The molecule has 1 heterocycles. The SMILES string of the molecule is CCNC(=NCCS(=O)(=O)NC(C)C)N1CCSC(C)(C)C1.I. The molecule has 2 N–H and O–H groups in total. The van der Waals surface area contributed by atoms with Gasteiger partial charge >= 0.3 is 0 Å². The number of sulfonamides is 1. The van der Waals surface area contributed by atoms with Crippen molar-refractivity contribution < 1.29 is 8.42 Å². The highest BCUT2D eigenvalue weighted by molar-refractivity contribution is 14.0. The maximum absolute atomic E-state index is 11.8. The van der Waals surface area contributed by atoms with E-state index in [1.807, 2.05) is 32.5 Å². The van der Waals surface area contributed by atoms with Crippen LogP contribution in [0.1, 0.15) is 34.6 Å². The lowest BCUT2D eigenvalue weighted by molar-refractivity contribution is 0.376. The maximum atomic E-state index is 11.8. The second kappa shape index (κ2) is 10.3. The van der Waals surface area contributed by atoms with Gasteiger partial charge in [-0.2, -0.15) is 11.8 Å².